The lowest BCUT2D eigenvalue weighted by Crippen LogP contribution is -2.31. The fourth-order valence-electron chi connectivity index (χ4n) is 3.86. The standard InChI is InChI=1S/C19H25NO/c1-4-17-16(11-12-21-17)19(20-3)18-13(2)9-10-14-7-5-6-8-15(14)18/h5-10,16-17,19-20H,4,11-12H2,1-3H3. The lowest BCUT2D eigenvalue weighted by atomic mass is 9.83. The maximum atomic E-state index is 5.93. The second-order valence-electron chi connectivity index (χ2n) is 6.05. The summed E-state index contributed by atoms with van der Waals surface area (Å²) in [5, 5.41) is 6.28. The van der Waals surface area contributed by atoms with Crippen LogP contribution in [-0.2, 0) is 4.74 Å². The second kappa shape index (κ2) is 6.17. The Bertz CT molecular complexity index is 622. The van der Waals surface area contributed by atoms with Gasteiger partial charge in [-0.1, -0.05) is 43.3 Å². The largest absolute Gasteiger partial charge is 0.378 e. The molecule has 1 aliphatic heterocycles. The molecule has 0 bridgehead atoms. The van der Waals surface area contributed by atoms with E-state index < -0.39 is 0 Å². The van der Waals surface area contributed by atoms with E-state index in [1.54, 1.807) is 0 Å². The molecule has 2 aromatic rings. The minimum absolute atomic E-state index is 0.364. The molecule has 2 aromatic carbocycles. The van der Waals surface area contributed by atoms with Gasteiger partial charge in [-0.2, -0.15) is 0 Å². The lowest BCUT2D eigenvalue weighted by Gasteiger charge is -2.29. The van der Waals surface area contributed by atoms with Crippen LogP contribution in [0.4, 0.5) is 0 Å². The molecule has 0 radical (unpaired) electrons. The number of nitrogens with one attached hydrogen (secondary N) is 1. The molecule has 0 aromatic heterocycles. The second-order valence-corrected chi connectivity index (χ2v) is 6.05. The van der Waals surface area contributed by atoms with Crippen molar-refractivity contribution in [2.75, 3.05) is 13.7 Å². The molecule has 112 valence electrons. The van der Waals surface area contributed by atoms with Gasteiger partial charge in [0.15, 0.2) is 0 Å². The van der Waals surface area contributed by atoms with Gasteiger partial charge < -0.3 is 10.1 Å². The predicted molar refractivity (Wildman–Crippen MR) is 88.6 cm³/mol. The van der Waals surface area contributed by atoms with Gasteiger partial charge >= 0.3 is 0 Å². The smallest absolute Gasteiger partial charge is 0.0619 e. The minimum Gasteiger partial charge on any atom is -0.378 e. The molecular formula is C19H25NO. The molecule has 0 spiro atoms. The average molecular weight is 283 g/mol. The van der Waals surface area contributed by atoms with E-state index >= 15 is 0 Å². The van der Waals surface area contributed by atoms with E-state index in [1.807, 2.05) is 0 Å². The number of rotatable bonds is 4. The molecule has 2 nitrogen and oxygen atoms in total. The zero-order chi connectivity index (χ0) is 14.8. The van der Waals surface area contributed by atoms with Crippen molar-refractivity contribution in [1.29, 1.82) is 0 Å². The Hall–Kier alpha value is -1.38. The van der Waals surface area contributed by atoms with Crippen LogP contribution in [0.25, 0.3) is 10.8 Å². The van der Waals surface area contributed by atoms with Crippen molar-refractivity contribution in [1.82, 2.24) is 5.32 Å². The van der Waals surface area contributed by atoms with Crippen LogP contribution in [-0.4, -0.2) is 19.8 Å². The maximum absolute atomic E-state index is 5.93. The highest BCUT2D eigenvalue weighted by molar-refractivity contribution is 5.87. The molecule has 1 N–H and O–H groups in total. The van der Waals surface area contributed by atoms with Crippen LogP contribution in [0.5, 0.6) is 0 Å². The Kier molecular flexibility index (Phi) is 4.27. The summed E-state index contributed by atoms with van der Waals surface area (Å²) in [7, 11) is 2.08. The van der Waals surface area contributed by atoms with E-state index in [-0.39, 0.29) is 0 Å². The quantitative estimate of drug-likeness (QED) is 0.907. The Balaban J connectivity index is 2.10. The fourth-order valence-corrected chi connectivity index (χ4v) is 3.86. The fraction of sp³-hybridized carbons (Fsp3) is 0.474. The molecular weight excluding hydrogens is 258 g/mol. The van der Waals surface area contributed by atoms with Crippen molar-refractivity contribution < 1.29 is 4.74 Å². The molecule has 0 amide bonds. The highest BCUT2D eigenvalue weighted by Crippen LogP contribution is 2.38. The van der Waals surface area contributed by atoms with Gasteiger partial charge in [-0.05, 0) is 48.7 Å². The first kappa shape index (κ1) is 14.6. The predicted octanol–water partition coefficient (Wildman–Crippen LogP) is 4.22. The summed E-state index contributed by atoms with van der Waals surface area (Å²) in [4.78, 5) is 0. The van der Waals surface area contributed by atoms with Gasteiger partial charge in [0.05, 0.1) is 6.10 Å². The van der Waals surface area contributed by atoms with Gasteiger partial charge in [0.1, 0.15) is 0 Å². The van der Waals surface area contributed by atoms with Gasteiger partial charge in [-0.25, -0.2) is 0 Å². The SMILES string of the molecule is CCC1OCCC1C(NC)c1c(C)ccc2ccccc12. The van der Waals surface area contributed by atoms with Crippen LogP contribution in [0.15, 0.2) is 36.4 Å². The number of hydrogen-bond donors (Lipinski definition) is 1. The van der Waals surface area contributed by atoms with Crippen molar-refractivity contribution in [2.24, 2.45) is 5.92 Å². The lowest BCUT2D eigenvalue weighted by molar-refractivity contribution is 0.0783. The number of aryl methyl sites for hydroxylation is 1. The summed E-state index contributed by atoms with van der Waals surface area (Å²) in [5.74, 6) is 0.560. The summed E-state index contributed by atoms with van der Waals surface area (Å²) >= 11 is 0. The first-order valence-electron chi connectivity index (χ1n) is 8.03. The Labute approximate surface area is 127 Å². The molecule has 0 aliphatic carbocycles. The Morgan fingerprint density at radius 1 is 1.24 bits per heavy atom. The molecule has 1 fully saturated rings. The molecule has 3 rings (SSSR count). The van der Waals surface area contributed by atoms with Crippen LogP contribution in [0.2, 0.25) is 0 Å². The van der Waals surface area contributed by atoms with Gasteiger partial charge in [-0.15, -0.1) is 0 Å². The first-order chi connectivity index (χ1) is 10.3. The van der Waals surface area contributed by atoms with E-state index in [4.69, 9.17) is 4.74 Å². The number of benzene rings is 2. The Morgan fingerprint density at radius 2 is 2.05 bits per heavy atom. The van der Waals surface area contributed by atoms with E-state index in [0.717, 1.165) is 19.4 Å². The zero-order valence-electron chi connectivity index (χ0n) is 13.2. The maximum Gasteiger partial charge on any atom is 0.0619 e. The number of hydrogen-bond acceptors (Lipinski definition) is 2. The van der Waals surface area contributed by atoms with E-state index in [2.05, 4.69) is 62.6 Å². The minimum atomic E-state index is 0.364. The molecule has 1 aliphatic rings. The monoisotopic (exact) mass is 283 g/mol. The third-order valence-corrected chi connectivity index (χ3v) is 4.90. The molecule has 2 heteroatoms. The third-order valence-electron chi connectivity index (χ3n) is 4.90. The summed E-state index contributed by atoms with van der Waals surface area (Å²) in [6.45, 7) is 5.35. The van der Waals surface area contributed by atoms with Crippen LogP contribution in [0.3, 0.4) is 0 Å². The van der Waals surface area contributed by atoms with E-state index in [9.17, 15) is 0 Å². The molecule has 3 unspecified atom stereocenters. The molecule has 3 atom stereocenters. The Morgan fingerprint density at radius 3 is 2.81 bits per heavy atom. The normalized spacial score (nSPS) is 23.6. The summed E-state index contributed by atoms with van der Waals surface area (Å²) in [6, 6.07) is 13.5. The van der Waals surface area contributed by atoms with Crippen LogP contribution < -0.4 is 5.32 Å². The molecule has 21 heavy (non-hydrogen) atoms. The van der Waals surface area contributed by atoms with Gasteiger partial charge in [-0.3, -0.25) is 0 Å². The van der Waals surface area contributed by atoms with Gasteiger partial charge in [0.2, 0.25) is 0 Å². The summed E-state index contributed by atoms with van der Waals surface area (Å²) < 4.78 is 5.93. The number of fused-ring (bicyclic) bond motifs is 1. The zero-order valence-corrected chi connectivity index (χ0v) is 13.2. The van der Waals surface area contributed by atoms with Crippen molar-refractivity contribution >= 4 is 10.8 Å². The number of ether oxygens (including phenoxy) is 1. The van der Waals surface area contributed by atoms with Gasteiger partial charge in [0.25, 0.3) is 0 Å². The van der Waals surface area contributed by atoms with Gasteiger partial charge in [0, 0.05) is 18.6 Å². The molecule has 0 saturated carbocycles. The van der Waals surface area contributed by atoms with Crippen molar-refractivity contribution in [2.45, 2.75) is 38.8 Å². The average Bonchev–Trinajstić information content (AvgIpc) is 2.98. The topological polar surface area (TPSA) is 21.3 Å². The molecule has 1 heterocycles. The highest BCUT2D eigenvalue weighted by atomic mass is 16.5. The van der Waals surface area contributed by atoms with Crippen LogP contribution in [0, 0.1) is 12.8 Å². The molecule has 1 saturated heterocycles. The van der Waals surface area contributed by atoms with E-state index in [1.165, 1.54) is 21.9 Å². The van der Waals surface area contributed by atoms with Crippen molar-refractivity contribution in [3.05, 3.63) is 47.5 Å². The summed E-state index contributed by atoms with van der Waals surface area (Å²) in [6.07, 6.45) is 2.61. The van der Waals surface area contributed by atoms with Crippen LogP contribution in [0.1, 0.15) is 36.9 Å². The first-order valence-corrected chi connectivity index (χ1v) is 8.03. The van der Waals surface area contributed by atoms with E-state index in [0.29, 0.717) is 18.1 Å². The third kappa shape index (κ3) is 2.58. The summed E-state index contributed by atoms with van der Waals surface area (Å²) in [5.41, 5.74) is 2.82. The highest BCUT2D eigenvalue weighted by Gasteiger charge is 2.34. The van der Waals surface area contributed by atoms with Crippen molar-refractivity contribution in [3.63, 3.8) is 0 Å². The van der Waals surface area contributed by atoms with Crippen molar-refractivity contribution in [3.8, 4) is 0 Å². The van der Waals surface area contributed by atoms with Crippen LogP contribution >= 0.6 is 0 Å².